The highest BCUT2D eigenvalue weighted by Crippen LogP contribution is 2.32. The monoisotopic (exact) mass is 332 g/mol. The van der Waals surface area contributed by atoms with Gasteiger partial charge in [0, 0.05) is 0 Å². The molecule has 0 unspecified atom stereocenters. The van der Waals surface area contributed by atoms with Crippen molar-refractivity contribution < 1.29 is 23.8 Å². The normalized spacial score (nSPS) is 10.4. The standard InChI is InChI=1S/C19H24O5/c1-14(2)7-6-12-19(17(20)23-4,18(21)24-5)13-15-8-10-16(22-3)11-9-15/h6,8-11H,12-13H2,1-5H3. The van der Waals surface area contributed by atoms with Crippen molar-refractivity contribution in [3.63, 3.8) is 0 Å². The zero-order valence-corrected chi connectivity index (χ0v) is 14.8. The zero-order chi connectivity index (χ0) is 18.2. The fourth-order valence-corrected chi connectivity index (χ4v) is 2.38. The molecule has 1 rings (SSSR count). The van der Waals surface area contributed by atoms with Crippen LogP contribution in [0.1, 0.15) is 25.8 Å². The second kappa shape index (κ2) is 8.94. The van der Waals surface area contributed by atoms with Crippen LogP contribution >= 0.6 is 0 Å². The Bertz CT molecular complexity index is 616. The van der Waals surface area contributed by atoms with E-state index in [4.69, 9.17) is 14.2 Å². The van der Waals surface area contributed by atoms with E-state index < -0.39 is 17.4 Å². The summed E-state index contributed by atoms with van der Waals surface area (Å²) in [6, 6.07) is 7.18. The fraction of sp³-hybridized carbons (Fsp3) is 0.421. The van der Waals surface area contributed by atoms with Gasteiger partial charge in [0.05, 0.1) is 21.3 Å². The number of benzene rings is 1. The molecule has 0 bridgehead atoms. The molecule has 0 atom stereocenters. The summed E-state index contributed by atoms with van der Waals surface area (Å²) in [7, 11) is 4.10. The smallest absolute Gasteiger partial charge is 0.323 e. The third kappa shape index (κ3) is 4.74. The Balaban J connectivity index is 3.29. The van der Waals surface area contributed by atoms with Crippen LogP contribution in [-0.2, 0) is 25.5 Å². The molecule has 0 heterocycles. The molecule has 0 N–H and O–H groups in total. The first-order chi connectivity index (χ1) is 11.4. The molecule has 0 aliphatic heterocycles. The average molecular weight is 332 g/mol. The van der Waals surface area contributed by atoms with Crippen LogP contribution in [0, 0.1) is 5.41 Å². The molecule has 1 aromatic rings. The number of carbonyl (C=O) groups is 2. The van der Waals surface area contributed by atoms with Gasteiger partial charge in [-0.25, -0.2) is 0 Å². The number of hydrogen-bond acceptors (Lipinski definition) is 5. The molecule has 0 aliphatic carbocycles. The molecule has 24 heavy (non-hydrogen) atoms. The molecule has 0 spiro atoms. The minimum Gasteiger partial charge on any atom is -0.497 e. The molecule has 0 amide bonds. The molecular weight excluding hydrogens is 308 g/mol. The maximum absolute atomic E-state index is 12.4. The number of esters is 2. The van der Waals surface area contributed by atoms with E-state index in [-0.39, 0.29) is 12.8 Å². The quantitative estimate of drug-likeness (QED) is 0.436. The van der Waals surface area contributed by atoms with Crippen molar-refractivity contribution in [1.29, 1.82) is 0 Å². The van der Waals surface area contributed by atoms with E-state index in [1.165, 1.54) is 14.2 Å². The summed E-state index contributed by atoms with van der Waals surface area (Å²) >= 11 is 0. The average Bonchev–Trinajstić information content (AvgIpc) is 2.59. The molecule has 5 nitrogen and oxygen atoms in total. The molecule has 0 fully saturated rings. The lowest BCUT2D eigenvalue weighted by Crippen LogP contribution is -2.42. The van der Waals surface area contributed by atoms with E-state index in [0.717, 1.165) is 11.1 Å². The number of carbonyl (C=O) groups excluding carboxylic acids is 2. The highest BCUT2D eigenvalue weighted by molar-refractivity contribution is 6.00. The highest BCUT2D eigenvalue weighted by Gasteiger charge is 2.47. The van der Waals surface area contributed by atoms with E-state index >= 15 is 0 Å². The molecule has 5 heteroatoms. The molecule has 0 saturated carbocycles. The van der Waals surface area contributed by atoms with Crippen molar-refractivity contribution in [1.82, 2.24) is 0 Å². The predicted octanol–water partition coefficient (Wildman–Crippen LogP) is 3.08. The van der Waals surface area contributed by atoms with Crippen LogP contribution < -0.4 is 4.74 Å². The predicted molar refractivity (Wildman–Crippen MR) is 90.7 cm³/mol. The Labute approximate surface area is 142 Å². The Hall–Kier alpha value is -2.52. The number of allylic oxidation sites excluding steroid dienone is 1. The minimum absolute atomic E-state index is 0.142. The van der Waals surface area contributed by atoms with Crippen molar-refractivity contribution in [3.05, 3.63) is 47.2 Å². The summed E-state index contributed by atoms with van der Waals surface area (Å²) in [4.78, 5) is 24.9. The summed E-state index contributed by atoms with van der Waals surface area (Å²) in [6.45, 7) is 3.77. The lowest BCUT2D eigenvalue weighted by molar-refractivity contribution is -0.168. The van der Waals surface area contributed by atoms with Crippen LogP contribution in [0.3, 0.4) is 0 Å². The maximum atomic E-state index is 12.4. The Morgan fingerprint density at radius 3 is 2.00 bits per heavy atom. The van der Waals surface area contributed by atoms with Crippen molar-refractivity contribution >= 4 is 11.9 Å². The molecule has 130 valence electrons. The third-order valence-electron chi connectivity index (χ3n) is 3.66. The highest BCUT2D eigenvalue weighted by atomic mass is 16.5. The Kier molecular flexibility index (Phi) is 7.28. The van der Waals surface area contributed by atoms with Crippen molar-refractivity contribution in [2.45, 2.75) is 26.7 Å². The van der Waals surface area contributed by atoms with Gasteiger partial charge in [0.15, 0.2) is 5.41 Å². The maximum Gasteiger partial charge on any atom is 0.323 e. The van der Waals surface area contributed by atoms with Crippen molar-refractivity contribution in [2.75, 3.05) is 21.3 Å². The number of methoxy groups -OCH3 is 3. The lowest BCUT2D eigenvalue weighted by atomic mass is 9.78. The first-order valence-electron chi connectivity index (χ1n) is 7.57. The van der Waals surface area contributed by atoms with E-state index in [2.05, 4.69) is 5.73 Å². The van der Waals surface area contributed by atoms with E-state index in [1.54, 1.807) is 25.3 Å². The lowest BCUT2D eigenvalue weighted by Gasteiger charge is -2.27. The summed E-state index contributed by atoms with van der Waals surface area (Å²) in [5.74, 6) is -0.557. The number of hydrogen-bond donors (Lipinski definition) is 0. The molecular formula is C19H24O5. The van der Waals surface area contributed by atoms with Gasteiger partial charge in [-0.15, -0.1) is 5.73 Å². The second-order valence-corrected chi connectivity index (χ2v) is 5.64. The third-order valence-corrected chi connectivity index (χ3v) is 3.66. The van der Waals surface area contributed by atoms with Gasteiger partial charge in [0.2, 0.25) is 0 Å². The first kappa shape index (κ1) is 19.5. The van der Waals surface area contributed by atoms with Crippen LogP contribution in [0.2, 0.25) is 0 Å². The number of ether oxygens (including phenoxy) is 3. The SMILES string of the molecule is COC(=O)C(CC=C=C(C)C)(Cc1ccc(OC)cc1)C(=O)OC. The van der Waals surface area contributed by atoms with Gasteiger partial charge < -0.3 is 14.2 Å². The summed E-state index contributed by atoms with van der Waals surface area (Å²) in [6.07, 6.45) is 1.98. The fourth-order valence-electron chi connectivity index (χ4n) is 2.38. The molecule has 0 saturated heterocycles. The first-order valence-corrected chi connectivity index (χ1v) is 7.57. The van der Waals surface area contributed by atoms with Crippen LogP contribution in [-0.4, -0.2) is 33.3 Å². The summed E-state index contributed by atoms with van der Waals surface area (Å²) < 4.78 is 14.9. The number of rotatable bonds is 7. The van der Waals surface area contributed by atoms with Crippen molar-refractivity contribution in [3.8, 4) is 5.75 Å². The minimum atomic E-state index is -1.44. The van der Waals surface area contributed by atoms with Gasteiger partial charge in [-0.3, -0.25) is 9.59 Å². The second-order valence-electron chi connectivity index (χ2n) is 5.64. The molecule has 0 aromatic heterocycles. The van der Waals surface area contributed by atoms with Gasteiger partial charge in [-0.1, -0.05) is 12.1 Å². The van der Waals surface area contributed by atoms with Crippen LogP contribution in [0.5, 0.6) is 5.75 Å². The summed E-state index contributed by atoms with van der Waals surface area (Å²) in [5, 5.41) is 0. The topological polar surface area (TPSA) is 61.8 Å². The van der Waals surface area contributed by atoms with E-state index in [9.17, 15) is 9.59 Å². The Morgan fingerprint density at radius 2 is 1.58 bits per heavy atom. The van der Waals surface area contributed by atoms with Crippen molar-refractivity contribution in [2.24, 2.45) is 5.41 Å². The van der Waals surface area contributed by atoms with Crippen LogP contribution in [0.4, 0.5) is 0 Å². The van der Waals surface area contributed by atoms with E-state index in [0.29, 0.717) is 5.75 Å². The molecule has 0 aliphatic rings. The molecule has 1 aromatic carbocycles. The van der Waals surface area contributed by atoms with Crippen LogP contribution in [0.15, 0.2) is 41.6 Å². The molecule has 0 radical (unpaired) electrons. The van der Waals surface area contributed by atoms with Gasteiger partial charge in [-0.05, 0) is 56.0 Å². The van der Waals surface area contributed by atoms with Gasteiger partial charge >= 0.3 is 11.9 Å². The van der Waals surface area contributed by atoms with Crippen LogP contribution in [0.25, 0.3) is 0 Å². The van der Waals surface area contributed by atoms with E-state index in [1.807, 2.05) is 26.0 Å². The zero-order valence-electron chi connectivity index (χ0n) is 14.8. The van der Waals surface area contributed by atoms with Gasteiger partial charge in [0.1, 0.15) is 5.75 Å². The Morgan fingerprint density at radius 1 is 1.04 bits per heavy atom. The van der Waals surface area contributed by atoms with Gasteiger partial charge in [0.25, 0.3) is 0 Å². The largest absolute Gasteiger partial charge is 0.497 e. The van der Waals surface area contributed by atoms with Gasteiger partial charge in [-0.2, -0.15) is 0 Å². The summed E-state index contributed by atoms with van der Waals surface area (Å²) in [5.41, 5.74) is 3.33.